The van der Waals surface area contributed by atoms with Crippen LogP contribution in [0.4, 0.5) is 0 Å². The van der Waals surface area contributed by atoms with Crippen LogP contribution in [0, 0.1) is 0 Å². The van der Waals surface area contributed by atoms with Crippen molar-refractivity contribution in [1.29, 1.82) is 0 Å². The monoisotopic (exact) mass is 371 g/mol. The van der Waals surface area contributed by atoms with Crippen LogP contribution in [-0.4, -0.2) is 53.9 Å². The highest BCUT2D eigenvalue weighted by molar-refractivity contribution is 7.99. The standard InChI is InChI=1S/C20H25N3S2/c1-22-13-14-23(19(16-22)17-8-4-2-5-9-17)20(24)21-12-15-25-18-10-6-3-7-11-18/h2-11,19H,12-16H2,1H3,(H,21,24)/t19-/m0/s1. The lowest BCUT2D eigenvalue weighted by molar-refractivity contribution is 0.150. The van der Waals surface area contributed by atoms with E-state index in [9.17, 15) is 0 Å². The van der Waals surface area contributed by atoms with Crippen LogP contribution in [0.15, 0.2) is 65.6 Å². The molecule has 0 amide bonds. The first-order valence-electron chi connectivity index (χ1n) is 8.70. The van der Waals surface area contributed by atoms with Gasteiger partial charge in [0.2, 0.25) is 0 Å². The molecule has 1 heterocycles. The molecule has 1 aliphatic heterocycles. The summed E-state index contributed by atoms with van der Waals surface area (Å²) in [6.45, 7) is 3.90. The molecule has 0 unspecified atom stereocenters. The van der Waals surface area contributed by atoms with Crippen LogP contribution in [0.2, 0.25) is 0 Å². The van der Waals surface area contributed by atoms with Crippen molar-refractivity contribution in [2.45, 2.75) is 10.9 Å². The van der Waals surface area contributed by atoms with E-state index in [1.807, 2.05) is 11.8 Å². The van der Waals surface area contributed by atoms with Crippen LogP contribution in [0.1, 0.15) is 11.6 Å². The molecule has 0 aliphatic carbocycles. The van der Waals surface area contributed by atoms with Gasteiger partial charge in [-0.2, -0.15) is 0 Å². The zero-order chi connectivity index (χ0) is 17.5. The van der Waals surface area contributed by atoms with Crippen molar-refractivity contribution in [3.8, 4) is 0 Å². The van der Waals surface area contributed by atoms with E-state index < -0.39 is 0 Å². The van der Waals surface area contributed by atoms with Crippen molar-refractivity contribution in [1.82, 2.24) is 15.1 Å². The zero-order valence-electron chi connectivity index (χ0n) is 14.6. The minimum atomic E-state index is 0.321. The van der Waals surface area contributed by atoms with Gasteiger partial charge >= 0.3 is 0 Å². The van der Waals surface area contributed by atoms with Gasteiger partial charge in [-0.3, -0.25) is 0 Å². The molecule has 0 spiro atoms. The summed E-state index contributed by atoms with van der Waals surface area (Å²) in [5.41, 5.74) is 1.33. The Morgan fingerprint density at radius 3 is 2.48 bits per heavy atom. The third kappa shape index (κ3) is 5.21. The van der Waals surface area contributed by atoms with Crippen LogP contribution in [0.25, 0.3) is 0 Å². The van der Waals surface area contributed by atoms with E-state index in [0.29, 0.717) is 6.04 Å². The molecule has 25 heavy (non-hydrogen) atoms. The molecule has 2 aromatic carbocycles. The number of benzene rings is 2. The number of thiocarbonyl (C=S) groups is 1. The second-order valence-electron chi connectivity index (χ2n) is 6.28. The van der Waals surface area contributed by atoms with Gasteiger partial charge in [0.25, 0.3) is 0 Å². The summed E-state index contributed by atoms with van der Waals surface area (Å²) in [4.78, 5) is 6.02. The molecule has 0 radical (unpaired) electrons. The fraction of sp³-hybridized carbons (Fsp3) is 0.350. The summed E-state index contributed by atoms with van der Waals surface area (Å²) in [7, 11) is 2.18. The van der Waals surface area contributed by atoms with Gasteiger partial charge < -0.3 is 15.1 Å². The third-order valence-corrected chi connectivity index (χ3v) is 5.81. The predicted molar refractivity (Wildman–Crippen MR) is 111 cm³/mol. The molecule has 1 atom stereocenters. The largest absolute Gasteiger partial charge is 0.362 e. The topological polar surface area (TPSA) is 18.5 Å². The molecule has 3 nitrogen and oxygen atoms in total. The van der Waals surface area contributed by atoms with E-state index in [4.69, 9.17) is 12.2 Å². The van der Waals surface area contributed by atoms with Crippen LogP contribution in [0.3, 0.4) is 0 Å². The molecular weight excluding hydrogens is 346 g/mol. The second kappa shape index (κ2) is 9.22. The lowest BCUT2D eigenvalue weighted by Gasteiger charge is -2.41. The van der Waals surface area contributed by atoms with Gasteiger partial charge in [-0.15, -0.1) is 11.8 Å². The van der Waals surface area contributed by atoms with E-state index in [1.54, 1.807) is 0 Å². The normalized spacial score (nSPS) is 18.1. The zero-order valence-corrected chi connectivity index (χ0v) is 16.2. The molecular formula is C20H25N3S2. The van der Waals surface area contributed by atoms with Crippen LogP contribution in [0.5, 0.6) is 0 Å². The van der Waals surface area contributed by atoms with Gasteiger partial charge in [-0.25, -0.2) is 0 Å². The Kier molecular flexibility index (Phi) is 6.73. The highest BCUT2D eigenvalue weighted by Gasteiger charge is 2.28. The number of hydrogen-bond acceptors (Lipinski definition) is 3. The number of thioether (sulfide) groups is 1. The molecule has 0 aromatic heterocycles. The minimum Gasteiger partial charge on any atom is -0.362 e. The highest BCUT2D eigenvalue weighted by atomic mass is 32.2. The van der Waals surface area contributed by atoms with Gasteiger partial charge in [0.15, 0.2) is 5.11 Å². The molecule has 0 saturated carbocycles. The first-order valence-corrected chi connectivity index (χ1v) is 10.1. The van der Waals surface area contributed by atoms with E-state index in [-0.39, 0.29) is 0 Å². The van der Waals surface area contributed by atoms with Gasteiger partial charge in [0.05, 0.1) is 6.04 Å². The Bertz CT molecular complexity index is 663. The minimum absolute atomic E-state index is 0.321. The molecule has 132 valence electrons. The van der Waals surface area contributed by atoms with Gasteiger partial charge in [0.1, 0.15) is 0 Å². The molecule has 1 N–H and O–H groups in total. The van der Waals surface area contributed by atoms with E-state index in [1.165, 1.54) is 10.5 Å². The molecule has 1 aliphatic rings. The Labute approximate surface area is 160 Å². The lowest BCUT2D eigenvalue weighted by Crippen LogP contribution is -2.52. The Balaban J connectivity index is 1.54. The van der Waals surface area contributed by atoms with Crippen molar-refractivity contribution in [2.24, 2.45) is 0 Å². The summed E-state index contributed by atoms with van der Waals surface area (Å²) in [5.74, 6) is 1.01. The first-order chi connectivity index (χ1) is 12.2. The predicted octanol–water partition coefficient (Wildman–Crippen LogP) is 3.64. The molecule has 1 fully saturated rings. The quantitative estimate of drug-likeness (QED) is 0.490. The van der Waals surface area contributed by atoms with Crippen molar-refractivity contribution >= 4 is 29.1 Å². The van der Waals surface area contributed by atoms with Gasteiger partial charge in [-0.05, 0) is 37.0 Å². The Morgan fingerprint density at radius 1 is 1.08 bits per heavy atom. The number of nitrogens with one attached hydrogen (secondary N) is 1. The van der Waals surface area contributed by atoms with Crippen molar-refractivity contribution < 1.29 is 0 Å². The van der Waals surface area contributed by atoms with Crippen molar-refractivity contribution in [3.63, 3.8) is 0 Å². The maximum atomic E-state index is 5.71. The maximum Gasteiger partial charge on any atom is 0.169 e. The Hall–Kier alpha value is -1.56. The van der Waals surface area contributed by atoms with Crippen molar-refractivity contribution in [3.05, 3.63) is 66.2 Å². The number of piperazine rings is 1. The number of rotatable bonds is 5. The van der Waals surface area contributed by atoms with Crippen LogP contribution >= 0.6 is 24.0 Å². The number of likely N-dealkylation sites (N-methyl/N-ethyl adjacent to an activating group) is 1. The number of hydrogen-bond donors (Lipinski definition) is 1. The SMILES string of the molecule is CN1CCN(C(=S)NCCSc2ccccc2)[C@H](c2ccccc2)C1. The van der Waals surface area contributed by atoms with Gasteiger partial charge in [-0.1, -0.05) is 48.5 Å². The average molecular weight is 372 g/mol. The summed E-state index contributed by atoms with van der Waals surface area (Å²) in [6, 6.07) is 21.5. The third-order valence-electron chi connectivity index (χ3n) is 4.42. The summed E-state index contributed by atoms with van der Waals surface area (Å²) in [5, 5.41) is 4.33. The highest BCUT2D eigenvalue weighted by Crippen LogP contribution is 2.25. The Morgan fingerprint density at radius 2 is 1.76 bits per heavy atom. The van der Waals surface area contributed by atoms with E-state index >= 15 is 0 Å². The summed E-state index contributed by atoms with van der Waals surface area (Å²) >= 11 is 7.56. The number of nitrogens with zero attached hydrogens (tertiary/aromatic N) is 2. The summed E-state index contributed by atoms with van der Waals surface area (Å²) < 4.78 is 0. The fourth-order valence-corrected chi connectivity index (χ4v) is 4.18. The average Bonchev–Trinajstić information content (AvgIpc) is 2.66. The second-order valence-corrected chi connectivity index (χ2v) is 7.83. The molecule has 0 bridgehead atoms. The van der Waals surface area contributed by atoms with Crippen LogP contribution < -0.4 is 5.32 Å². The van der Waals surface area contributed by atoms with Crippen molar-refractivity contribution in [2.75, 3.05) is 39.0 Å². The van der Waals surface area contributed by atoms with E-state index in [2.05, 4.69) is 82.8 Å². The lowest BCUT2D eigenvalue weighted by atomic mass is 10.0. The first kappa shape index (κ1) is 18.2. The summed E-state index contributed by atoms with van der Waals surface area (Å²) in [6.07, 6.45) is 0. The molecule has 3 rings (SSSR count). The van der Waals surface area contributed by atoms with E-state index in [0.717, 1.165) is 37.0 Å². The molecule has 5 heteroatoms. The van der Waals surface area contributed by atoms with Crippen LogP contribution in [-0.2, 0) is 0 Å². The molecule has 2 aromatic rings. The molecule has 1 saturated heterocycles. The fourth-order valence-electron chi connectivity index (χ4n) is 3.07. The smallest absolute Gasteiger partial charge is 0.169 e. The maximum absolute atomic E-state index is 5.71. The van der Waals surface area contributed by atoms with Gasteiger partial charge in [0, 0.05) is 36.8 Å².